The number of hydrogen-bond donors (Lipinski definition) is 2. The van der Waals surface area contributed by atoms with Crippen molar-refractivity contribution in [3.63, 3.8) is 0 Å². The minimum Gasteiger partial charge on any atom is -0.480 e. The summed E-state index contributed by atoms with van der Waals surface area (Å²) in [6, 6.07) is 10.6. The van der Waals surface area contributed by atoms with Gasteiger partial charge in [-0.25, -0.2) is 0 Å². The molecule has 2 N–H and O–H groups in total. The van der Waals surface area contributed by atoms with Gasteiger partial charge in [0.2, 0.25) is 0 Å². The Hall–Kier alpha value is -2.07. The lowest BCUT2D eigenvalue weighted by Gasteiger charge is -2.26. The molecule has 0 amide bonds. The van der Waals surface area contributed by atoms with E-state index in [-0.39, 0.29) is 6.04 Å². The van der Waals surface area contributed by atoms with Crippen molar-refractivity contribution in [2.75, 3.05) is 0 Å². The number of furan rings is 1. The van der Waals surface area contributed by atoms with E-state index in [1.54, 1.807) is 6.26 Å². The largest absolute Gasteiger partial charge is 0.480 e. The standard InChI is InChI=1S/C16H17NO3/c18-16(19)15(11-5-2-1-3-6-11)17-13-7-4-8-14-12(13)9-10-20-14/h1-3,5-6,9-10,13,15,17H,4,7-8H2,(H,18,19). The summed E-state index contributed by atoms with van der Waals surface area (Å²) >= 11 is 0. The zero-order chi connectivity index (χ0) is 13.9. The highest BCUT2D eigenvalue weighted by molar-refractivity contribution is 5.75. The first-order valence-electron chi connectivity index (χ1n) is 6.86. The van der Waals surface area contributed by atoms with Gasteiger partial charge < -0.3 is 9.52 Å². The number of rotatable bonds is 4. The van der Waals surface area contributed by atoms with Crippen LogP contribution in [0.4, 0.5) is 0 Å². The number of carbonyl (C=O) groups is 1. The molecule has 104 valence electrons. The van der Waals surface area contributed by atoms with E-state index in [0.717, 1.165) is 36.1 Å². The predicted octanol–water partition coefficient (Wildman–Crippen LogP) is 3.07. The highest BCUT2D eigenvalue weighted by atomic mass is 16.4. The van der Waals surface area contributed by atoms with E-state index in [1.807, 2.05) is 36.4 Å². The summed E-state index contributed by atoms with van der Waals surface area (Å²) < 4.78 is 5.45. The van der Waals surface area contributed by atoms with Gasteiger partial charge in [0.05, 0.1) is 6.26 Å². The highest BCUT2D eigenvalue weighted by Crippen LogP contribution is 2.32. The van der Waals surface area contributed by atoms with Crippen LogP contribution in [0.3, 0.4) is 0 Å². The molecule has 0 radical (unpaired) electrons. The molecule has 0 bridgehead atoms. The number of hydrogen-bond acceptors (Lipinski definition) is 3. The third kappa shape index (κ3) is 2.47. The summed E-state index contributed by atoms with van der Waals surface area (Å²) in [6.45, 7) is 0. The van der Waals surface area contributed by atoms with Gasteiger partial charge in [-0.1, -0.05) is 30.3 Å². The van der Waals surface area contributed by atoms with Gasteiger partial charge in [-0.05, 0) is 24.5 Å². The second kappa shape index (κ2) is 5.51. The molecule has 1 heterocycles. The van der Waals surface area contributed by atoms with E-state index in [4.69, 9.17) is 4.42 Å². The third-order valence-electron chi connectivity index (χ3n) is 3.80. The zero-order valence-electron chi connectivity index (χ0n) is 11.1. The van der Waals surface area contributed by atoms with Crippen molar-refractivity contribution in [3.05, 3.63) is 59.5 Å². The molecule has 1 aromatic heterocycles. The van der Waals surface area contributed by atoms with Crippen molar-refractivity contribution in [2.45, 2.75) is 31.3 Å². The second-order valence-electron chi connectivity index (χ2n) is 5.09. The molecule has 0 saturated heterocycles. The SMILES string of the molecule is O=C(O)C(NC1CCCc2occc21)c1ccccc1. The van der Waals surface area contributed by atoms with Gasteiger partial charge in [0.1, 0.15) is 11.8 Å². The third-order valence-corrected chi connectivity index (χ3v) is 3.80. The lowest BCUT2D eigenvalue weighted by molar-refractivity contribution is -0.140. The van der Waals surface area contributed by atoms with Crippen molar-refractivity contribution < 1.29 is 14.3 Å². The molecule has 4 nitrogen and oxygen atoms in total. The quantitative estimate of drug-likeness (QED) is 0.897. The van der Waals surface area contributed by atoms with Gasteiger partial charge in [0.25, 0.3) is 0 Å². The van der Waals surface area contributed by atoms with Crippen LogP contribution < -0.4 is 5.32 Å². The second-order valence-corrected chi connectivity index (χ2v) is 5.09. The topological polar surface area (TPSA) is 62.5 Å². The van der Waals surface area contributed by atoms with E-state index in [1.165, 1.54) is 0 Å². The molecule has 3 rings (SSSR count). The number of carboxylic acid groups (broad SMARTS) is 1. The minimum atomic E-state index is -0.855. The Morgan fingerprint density at radius 1 is 1.30 bits per heavy atom. The maximum Gasteiger partial charge on any atom is 0.325 e. The minimum absolute atomic E-state index is 0.0406. The van der Waals surface area contributed by atoms with E-state index in [9.17, 15) is 9.90 Å². The molecule has 4 heteroatoms. The summed E-state index contributed by atoms with van der Waals surface area (Å²) in [7, 11) is 0. The van der Waals surface area contributed by atoms with Crippen LogP contribution in [0.1, 0.15) is 41.8 Å². The first kappa shape index (κ1) is 12.9. The lowest BCUT2D eigenvalue weighted by atomic mass is 9.92. The Balaban J connectivity index is 1.84. The van der Waals surface area contributed by atoms with Crippen LogP contribution in [0.2, 0.25) is 0 Å². The molecule has 2 aromatic rings. The Morgan fingerprint density at radius 2 is 2.10 bits per heavy atom. The molecular weight excluding hydrogens is 254 g/mol. The molecule has 1 aliphatic rings. The van der Waals surface area contributed by atoms with Gasteiger partial charge >= 0.3 is 5.97 Å². The van der Waals surface area contributed by atoms with E-state index in [2.05, 4.69) is 5.32 Å². The molecule has 2 atom stereocenters. The Bertz CT molecular complexity index is 591. The number of aryl methyl sites for hydroxylation is 1. The van der Waals surface area contributed by atoms with Crippen LogP contribution in [-0.2, 0) is 11.2 Å². The van der Waals surface area contributed by atoms with Crippen molar-refractivity contribution in [1.82, 2.24) is 5.32 Å². The monoisotopic (exact) mass is 271 g/mol. The molecule has 0 aliphatic heterocycles. The Kier molecular flexibility index (Phi) is 3.56. The van der Waals surface area contributed by atoms with Crippen LogP contribution in [0.15, 0.2) is 47.1 Å². The number of nitrogens with one attached hydrogen (secondary N) is 1. The molecular formula is C16H17NO3. The molecule has 0 saturated carbocycles. The molecule has 1 aromatic carbocycles. The van der Waals surface area contributed by atoms with Gasteiger partial charge in [-0.3, -0.25) is 10.1 Å². The fourth-order valence-corrected chi connectivity index (χ4v) is 2.82. The lowest BCUT2D eigenvalue weighted by Crippen LogP contribution is -2.33. The van der Waals surface area contributed by atoms with Crippen LogP contribution in [0.25, 0.3) is 0 Å². The molecule has 20 heavy (non-hydrogen) atoms. The van der Waals surface area contributed by atoms with Gasteiger partial charge in [-0.15, -0.1) is 0 Å². The molecule has 0 spiro atoms. The van der Waals surface area contributed by atoms with Crippen LogP contribution >= 0.6 is 0 Å². The smallest absolute Gasteiger partial charge is 0.325 e. The zero-order valence-corrected chi connectivity index (χ0v) is 11.1. The van der Waals surface area contributed by atoms with Crippen molar-refractivity contribution >= 4 is 5.97 Å². The van der Waals surface area contributed by atoms with E-state index in [0.29, 0.717) is 0 Å². The van der Waals surface area contributed by atoms with E-state index >= 15 is 0 Å². The van der Waals surface area contributed by atoms with Crippen LogP contribution in [-0.4, -0.2) is 11.1 Å². The first-order chi connectivity index (χ1) is 9.75. The summed E-state index contributed by atoms with van der Waals surface area (Å²) in [5, 5.41) is 12.7. The molecule has 0 fully saturated rings. The Labute approximate surface area is 117 Å². The van der Waals surface area contributed by atoms with Crippen molar-refractivity contribution in [1.29, 1.82) is 0 Å². The fourth-order valence-electron chi connectivity index (χ4n) is 2.82. The summed E-state index contributed by atoms with van der Waals surface area (Å²) in [5.74, 6) is 0.123. The summed E-state index contributed by atoms with van der Waals surface area (Å²) in [4.78, 5) is 11.5. The summed E-state index contributed by atoms with van der Waals surface area (Å²) in [5.41, 5.74) is 1.87. The maximum absolute atomic E-state index is 11.5. The summed E-state index contributed by atoms with van der Waals surface area (Å²) in [6.07, 6.45) is 4.56. The number of fused-ring (bicyclic) bond motifs is 1. The van der Waals surface area contributed by atoms with Crippen molar-refractivity contribution in [3.8, 4) is 0 Å². The molecule has 2 unspecified atom stereocenters. The van der Waals surface area contributed by atoms with Crippen LogP contribution in [0.5, 0.6) is 0 Å². The average Bonchev–Trinajstić information content (AvgIpc) is 2.94. The maximum atomic E-state index is 11.5. The fraction of sp³-hybridized carbons (Fsp3) is 0.312. The van der Waals surface area contributed by atoms with Crippen molar-refractivity contribution in [2.24, 2.45) is 0 Å². The predicted molar refractivity (Wildman–Crippen MR) is 74.3 cm³/mol. The van der Waals surface area contributed by atoms with Gasteiger partial charge in [0.15, 0.2) is 0 Å². The normalized spacial score (nSPS) is 19.3. The highest BCUT2D eigenvalue weighted by Gasteiger charge is 2.28. The van der Waals surface area contributed by atoms with E-state index < -0.39 is 12.0 Å². The number of benzene rings is 1. The Morgan fingerprint density at radius 3 is 2.85 bits per heavy atom. The average molecular weight is 271 g/mol. The van der Waals surface area contributed by atoms with Gasteiger partial charge in [0, 0.05) is 18.0 Å². The van der Waals surface area contributed by atoms with Gasteiger partial charge in [-0.2, -0.15) is 0 Å². The van der Waals surface area contributed by atoms with Crippen LogP contribution in [0, 0.1) is 0 Å². The number of aliphatic carboxylic acids is 1. The molecule has 1 aliphatic carbocycles. The first-order valence-corrected chi connectivity index (χ1v) is 6.86. The number of carboxylic acids is 1.